The molecule has 0 atom stereocenters. The Morgan fingerprint density at radius 1 is 1.25 bits per heavy atom. The second-order valence-electron chi connectivity index (χ2n) is 6.38. The number of benzene rings is 1. The third-order valence-electron chi connectivity index (χ3n) is 4.37. The zero-order valence-corrected chi connectivity index (χ0v) is 14.7. The number of hydrogen-bond donors (Lipinski definition) is 2. The highest BCUT2D eigenvalue weighted by Crippen LogP contribution is 2.23. The van der Waals surface area contributed by atoms with Crippen LogP contribution in [0.5, 0.6) is 5.75 Å². The molecule has 0 spiro atoms. The molecule has 24 heavy (non-hydrogen) atoms. The molecule has 0 heterocycles. The number of nitrogens with one attached hydrogen (secondary N) is 1. The van der Waals surface area contributed by atoms with Gasteiger partial charge in [-0.3, -0.25) is 0 Å². The van der Waals surface area contributed by atoms with Crippen LogP contribution in [-0.4, -0.2) is 31.8 Å². The Labute approximate surface area is 144 Å². The first-order valence-corrected chi connectivity index (χ1v) is 9.13. The topological polar surface area (TPSA) is 73.6 Å². The summed E-state index contributed by atoms with van der Waals surface area (Å²) in [5, 5.41) is 3.46. The molecule has 0 unspecified atom stereocenters. The molecule has 5 nitrogen and oxygen atoms in total. The van der Waals surface area contributed by atoms with Crippen molar-refractivity contribution in [3.05, 3.63) is 23.8 Å². The van der Waals surface area contributed by atoms with E-state index in [1.807, 2.05) is 0 Å². The molecule has 1 saturated carbocycles. The highest BCUT2D eigenvalue weighted by atomic mass is 16.5. The van der Waals surface area contributed by atoms with E-state index >= 15 is 0 Å². The number of hydrogen-bond acceptors (Lipinski definition) is 5. The fraction of sp³-hybridized carbons (Fsp3) is 0.632. The first-order valence-electron chi connectivity index (χ1n) is 9.13. The van der Waals surface area contributed by atoms with Gasteiger partial charge in [0, 0.05) is 12.6 Å². The number of carbonyl (C=O) groups is 1. The SMILES string of the molecule is CCCCOc1ccc(C(=O)OCCNC2CCCCC2)cc1N. The van der Waals surface area contributed by atoms with Crippen molar-refractivity contribution in [3.63, 3.8) is 0 Å². The van der Waals surface area contributed by atoms with Gasteiger partial charge >= 0.3 is 5.97 Å². The van der Waals surface area contributed by atoms with Gasteiger partial charge < -0.3 is 20.5 Å². The number of rotatable bonds is 9. The van der Waals surface area contributed by atoms with Crippen molar-refractivity contribution in [2.75, 3.05) is 25.5 Å². The molecule has 0 saturated heterocycles. The fourth-order valence-electron chi connectivity index (χ4n) is 2.93. The number of carbonyl (C=O) groups excluding carboxylic acids is 1. The number of unbranched alkanes of at least 4 members (excludes halogenated alkanes) is 1. The quantitative estimate of drug-likeness (QED) is 0.410. The van der Waals surface area contributed by atoms with Crippen LogP contribution in [0, 0.1) is 0 Å². The summed E-state index contributed by atoms with van der Waals surface area (Å²) in [6.45, 7) is 3.82. The van der Waals surface area contributed by atoms with E-state index in [0.717, 1.165) is 12.8 Å². The first-order chi connectivity index (χ1) is 11.7. The summed E-state index contributed by atoms with van der Waals surface area (Å²) in [6.07, 6.45) is 8.43. The van der Waals surface area contributed by atoms with Crippen LogP contribution < -0.4 is 15.8 Å². The standard InChI is InChI=1S/C19H30N2O3/c1-2-3-12-23-18-10-9-15(14-17(18)20)19(22)24-13-11-21-16-7-5-4-6-8-16/h9-10,14,16,21H,2-8,11-13,20H2,1H3. The van der Waals surface area contributed by atoms with E-state index in [1.165, 1.54) is 32.1 Å². The summed E-state index contributed by atoms with van der Waals surface area (Å²) in [5.74, 6) is 0.284. The molecule has 0 aliphatic heterocycles. The Hall–Kier alpha value is -1.75. The minimum Gasteiger partial charge on any atom is -0.491 e. The summed E-state index contributed by atoms with van der Waals surface area (Å²) in [4.78, 5) is 12.1. The first kappa shape index (κ1) is 18.6. The van der Waals surface area contributed by atoms with Crippen LogP contribution in [0.1, 0.15) is 62.2 Å². The van der Waals surface area contributed by atoms with Gasteiger partial charge in [-0.2, -0.15) is 0 Å². The number of nitrogen functional groups attached to an aromatic ring is 1. The van der Waals surface area contributed by atoms with Crippen molar-refractivity contribution in [3.8, 4) is 5.75 Å². The highest BCUT2D eigenvalue weighted by molar-refractivity contribution is 5.91. The van der Waals surface area contributed by atoms with Gasteiger partial charge in [0.1, 0.15) is 12.4 Å². The molecule has 0 radical (unpaired) electrons. The molecule has 1 aromatic rings. The zero-order chi connectivity index (χ0) is 17.2. The average molecular weight is 334 g/mol. The molecular weight excluding hydrogens is 304 g/mol. The van der Waals surface area contributed by atoms with Crippen LogP contribution in [0.4, 0.5) is 5.69 Å². The Kier molecular flexibility index (Phi) is 7.89. The van der Waals surface area contributed by atoms with Gasteiger partial charge in [-0.1, -0.05) is 32.6 Å². The van der Waals surface area contributed by atoms with E-state index in [2.05, 4.69) is 12.2 Å². The smallest absolute Gasteiger partial charge is 0.338 e. The average Bonchev–Trinajstić information content (AvgIpc) is 2.61. The third-order valence-corrected chi connectivity index (χ3v) is 4.37. The number of nitrogens with two attached hydrogens (primary N) is 1. The van der Waals surface area contributed by atoms with Crippen molar-refractivity contribution >= 4 is 11.7 Å². The molecule has 1 fully saturated rings. The van der Waals surface area contributed by atoms with E-state index < -0.39 is 0 Å². The van der Waals surface area contributed by atoms with Crippen LogP contribution in [0.25, 0.3) is 0 Å². The van der Waals surface area contributed by atoms with Crippen LogP contribution in [0.2, 0.25) is 0 Å². The highest BCUT2D eigenvalue weighted by Gasteiger charge is 2.13. The normalized spacial score (nSPS) is 15.2. The van der Waals surface area contributed by atoms with Gasteiger partial charge in [0.25, 0.3) is 0 Å². The number of ether oxygens (including phenoxy) is 2. The Bertz CT molecular complexity index is 513. The molecule has 2 rings (SSSR count). The molecular formula is C19H30N2O3. The van der Waals surface area contributed by atoms with Crippen LogP contribution in [0.15, 0.2) is 18.2 Å². The zero-order valence-electron chi connectivity index (χ0n) is 14.7. The second-order valence-corrected chi connectivity index (χ2v) is 6.38. The lowest BCUT2D eigenvalue weighted by Gasteiger charge is -2.22. The molecule has 3 N–H and O–H groups in total. The molecule has 1 aromatic carbocycles. The molecule has 0 bridgehead atoms. The minimum atomic E-state index is -0.341. The van der Waals surface area contributed by atoms with E-state index in [0.29, 0.717) is 42.8 Å². The predicted molar refractivity (Wildman–Crippen MR) is 96.4 cm³/mol. The van der Waals surface area contributed by atoms with Gasteiger partial charge in [-0.25, -0.2) is 4.79 Å². The Morgan fingerprint density at radius 2 is 2.04 bits per heavy atom. The van der Waals surface area contributed by atoms with Gasteiger partial charge in [-0.05, 0) is 37.5 Å². The lowest BCUT2D eigenvalue weighted by molar-refractivity contribution is 0.0504. The molecule has 1 aliphatic carbocycles. The molecule has 0 aromatic heterocycles. The van der Waals surface area contributed by atoms with Gasteiger partial charge in [0.05, 0.1) is 17.9 Å². The van der Waals surface area contributed by atoms with E-state index in [1.54, 1.807) is 18.2 Å². The minimum absolute atomic E-state index is 0.341. The van der Waals surface area contributed by atoms with E-state index in [-0.39, 0.29) is 5.97 Å². The van der Waals surface area contributed by atoms with Crippen molar-refractivity contribution in [2.45, 2.75) is 57.9 Å². The van der Waals surface area contributed by atoms with Crippen molar-refractivity contribution in [1.29, 1.82) is 0 Å². The van der Waals surface area contributed by atoms with Crippen molar-refractivity contribution in [1.82, 2.24) is 5.32 Å². The Balaban J connectivity index is 1.72. The van der Waals surface area contributed by atoms with Crippen molar-refractivity contribution in [2.24, 2.45) is 0 Å². The summed E-state index contributed by atoms with van der Waals surface area (Å²) < 4.78 is 10.9. The summed E-state index contributed by atoms with van der Waals surface area (Å²) in [5.41, 5.74) is 6.89. The van der Waals surface area contributed by atoms with Gasteiger partial charge in [-0.15, -0.1) is 0 Å². The third kappa shape index (κ3) is 6.04. The van der Waals surface area contributed by atoms with Crippen LogP contribution >= 0.6 is 0 Å². The maximum Gasteiger partial charge on any atom is 0.338 e. The van der Waals surface area contributed by atoms with Crippen LogP contribution in [0.3, 0.4) is 0 Å². The van der Waals surface area contributed by atoms with Crippen LogP contribution in [-0.2, 0) is 4.74 Å². The number of esters is 1. The molecule has 0 amide bonds. The second kappa shape index (κ2) is 10.2. The van der Waals surface area contributed by atoms with Gasteiger partial charge in [0.2, 0.25) is 0 Å². The predicted octanol–water partition coefficient (Wildman–Crippen LogP) is 3.53. The summed E-state index contributed by atoms with van der Waals surface area (Å²) in [6, 6.07) is 5.64. The maximum absolute atomic E-state index is 12.1. The molecule has 134 valence electrons. The number of anilines is 1. The fourth-order valence-corrected chi connectivity index (χ4v) is 2.93. The lowest BCUT2D eigenvalue weighted by Crippen LogP contribution is -2.33. The Morgan fingerprint density at radius 3 is 2.75 bits per heavy atom. The van der Waals surface area contributed by atoms with Crippen molar-refractivity contribution < 1.29 is 14.3 Å². The largest absolute Gasteiger partial charge is 0.491 e. The summed E-state index contributed by atoms with van der Waals surface area (Å²) >= 11 is 0. The van der Waals surface area contributed by atoms with E-state index in [4.69, 9.17) is 15.2 Å². The molecule has 1 aliphatic rings. The lowest BCUT2D eigenvalue weighted by atomic mass is 9.96. The maximum atomic E-state index is 12.1. The molecule has 5 heteroatoms. The van der Waals surface area contributed by atoms with Gasteiger partial charge in [0.15, 0.2) is 0 Å². The summed E-state index contributed by atoms with van der Waals surface area (Å²) in [7, 11) is 0. The monoisotopic (exact) mass is 334 g/mol. The van der Waals surface area contributed by atoms with E-state index in [9.17, 15) is 4.79 Å².